The number of fused-ring (bicyclic) bond motifs is 2. The number of aliphatic hydroxyl groups is 2. The van der Waals surface area contributed by atoms with Crippen molar-refractivity contribution < 1.29 is 29.3 Å². The van der Waals surface area contributed by atoms with E-state index in [1.54, 1.807) is 7.11 Å². The van der Waals surface area contributed by atoms with Crippen LogP contribution in [0.1, 0.15) is 165 Å². The molecule has 6 atom stereocenters. The normalized spacial score (nSPS) is 23.7. The number of benzene rings is 1. The van der Waals surface area contributed by atoms with Gasteiger partial charge in [-0.1, -0.05) is 127 Å². The van der Waals surface area contributed by atoms with Gasteiger partial charge in [0.15, 0.2) is 0 Å². The fourth-order valence-electron chi connectivity index (χ4n) is 10.0. The van der Waals surface area contributed by atoms with Crippen LogP contribution in [0.2, 0.25) is 0 Å². The van der Waals surface area contributed by atoms with E-state index < -0.39 is 5.79 Å². The van der Waals surface area contributed by atoms with Gasteiger partial charge in [0.25, 0.3) is 0 Å². The van der Waals surface area contributed by atoms with Gasteiger partial charge in [0.2, 0.25) is 5.79 Å². The Morgan fingerprint density at radius 1 is 0.883 bits per heavy atom. The molecular weight excluding hydrogens is 769 g/mol. The second-order valence-electron chi connectivity index (χ2n) is 17.5. The van der Waals surface area contributed by atoms with Gasteiger partial charge >= 0.3 is 0 Å². The molecular formula is C51H78N2O6S. The first-order chi connectivity index (χ1) is 29.5. The Labute approximate surface area is 367 Å². The third-order valence-corrected chi connectivity index (χ3v) is 14.4. The van der Waals surface area contributed by atoms with Crippen LogP contribution in [0, 0.1) is 24.7 Å². The minimum absolute atomic E-state index is 0.0153. The first-order valence-corrected chi connectivity index (χ1v) is 24.8. The number of hydrogen-bond donors (Lipinski definition) is 2. The zero-order valence-corrected chi connectivity index (χ0v) is 38.2. The van der Waals surface area contributed by atoms with Crippen molar-refractivity contribution >= 4 is 17.5 Å². The molecule has 6 unspecified atom stereocenters. The van der Waals surface area contributed by atoms with Crippen LogP contribution in [0.4, 0.5) is 0 Å². The van der Waals surface area contributed by atoms with Crippen LogP contribution in [-0.4, -0.2) is 64.6 Å². The second-order valence-corrected chi connectivity index (χ2v) is 18.8. The summed E-state index contributed by atoms with van der Waals surface area (Å²) in [5.74, 6) is 2.13. The summed E-state index contributed by atoms with van der Waals surface area (Å²) in [6, 6.07) is 12.3. The quantitative estimate of drug-likeness (QED) is 0.0439. The first kappa shape index (κ1) is 48.2. The van der Waals surface area contributed by atoms with Crippen LogP contribution in [0.3, 0.4) is 0 Å². The Kier molecular flexibility index (Phi) is 21.4. The number of hydrogen-bond acceptors (Lipinski definition) is 9. The molecule has 2 aliphatic carbocycles. The largest absolute Gasteiger partial charge is 0.487 e. The SMILES string of the molecule is C=CCOC12Oc3ccc(OCc4cccc(C)n4)cc3C3C(CCCCO)C(CCCCO)C=C(C(=NOC)CC1SCCCCCCCCCCCCCCCC)C32. The van der Waals surface area contributed by atoms with Crippen LogP contribution < -0.4 is 9.47 Å². The van der Waals surface area contributed by atoms with Gasteiger partial charge in [-0.2, -0.15) is 11.8 Å². The molecule has 1 saturated carbocycles. The van der Waals surface area contributed by atoms with E-state index in [1.807, 2.05) is 49.0 Å². The summed E-state index contributed by atoms with van der Waals surface area (Å²) in [5, 5.41) is 24.4. The standard InChI is InChI=1S/C51H78N2O6S/c1-5-7-8-9-10-11-12-13-14-15-16-17-18-23-34-60-48-37-46(53-56-4)44-35-40(26-19-21-31-54)43(28-20-22-32-55)49-45-36-42(57-38-41-27-24-25-39(3)52-41)29-30-47(45)59-51(48,50(44)49)58-33-6-2/h6,24-25,27,29-30,35-36,40,43,48-50,54-55H,2,5,7-23,26,28,31-34,37-38H2,1,3-4H3. The molecule has 9 heteroatoms. The molecule has 334 valence electrons. The lowest BCUT2D eigenvalue weighted by molar-refractivity contribution is -0.223. The summed E-state index contributed by atoms with van der Waals surface area (Å²) in [6.45, 7) is 9.48. The summed E-state index contributed by atoms with van der Waals surface area (Å²) in [4.78, 5) is 10.3. The zero-order chi connectivity index (χ0) is 42.4. The summed E-state index contributed by atoms with van der Waals surface area (Å²) in [6.07, 6.45) is 29.1. The molecule has 0 radical (unpaired) electrons. The average Bonchev–Trinajstić information content (AvgIpc) is 3.25. The average molecular weight is 847 g/mol. The van der Waals surface area contributed by atoms with E-state index >= 15 is 0 Å². The van der Waals surface area contributed by atoms with Crippen molar-refractivity contribution in [2.45, 2.75) is 172 Å². The van der Waals surface area contributed by atoms with E-state index in [-0.39, 0.29) is 42.1 Å². The number of pyridine rings is 1. The van der Waals surface area contributed by atoms with Crippen molar-refractivity contribution in [3.8, 4) is 11.5 Å². The van der Waals surface area contributed by atoms with Crippen LogP contribution in [0.15, 0.2) is 65.9 Å². The van der Waals surface area contributed by atoms with Gasteiger partial charge in [-0.3, -0.25) is 4.98 Å². The van der Waals surface area contributed by atoms with Gasteiger partial charge in [-0.25, -0.2) is 0 Å². The molecule has 0 bridgehead atoms. The van der Waals surface area contributed by atoms with Crippen molar-refractivity contribution in [3.05, 3.63) is 77.7 Å². The van der Waals surface area contributed by atoms with Gasteiger partial charge in [0.05, 0.1) is 29.2 Å². The number of nitrogens with zero attached hydrogens (tertiary/aromatic N) is 2. The van der Waals surface area contributed by atoms with Crippen LogP contribution >= 0.6 is 11.8 Å². The zero-order valence-electron chi connectivity index (χ0n) is 37.4. The molecule has 1 aromatic carbocycles. The fraction of sp³-hybridized carbons (Fsp3) is 0.686. The summed E-state index contributed by atoms with van der Waals surface area (Å²) < 4.78 is 20.9. The maximum Gasteiger partial charge on any atom is 0.230 e. The Morgan fingerprint density at radius 2 is 1.57 bits per heavy atom. The van der Waals surface area contributed by atoms with E-state index in [9.17, 15) is 10.2 Å². The number of aromatic nitrogens is 1. The number of rotatable bonds is 31. The molecule has 1 aliphatic heterocycles. The van der Waals surface area contributed by atoms with Crippen molar-refractivity contribution in [3.63, 3.8) is 0 Å². The van der Waals surface area contributed by atoms with Crippen LogP contribution in [0.25, 0.3) is 0 Å². The molecule has 0 spiro atoms. The molecule has 60 heavy (non-hydrogen) atoms. The van der Waals surface area contributed by atoms with Crippen molar-refractivity contribution in [1.29, 1.82) is 0 Å². The second kappa shape index (κ2) is 26.6. The summed E-state index contributed by atoms with van der Waals surface area (Å²) in [5.41, 5.74) is 5.13. The fourth-order valence-corrected chi connectivity index (χ4v) is 11.5. The molecule has 0 amide bonds. The third kappa shape index (κ3) is 13.6. The predicted octanol–water partition coefficient (Wildman–Crippen LogP) is 12.4. The van der Waals surface area contributed by atoms with Gasteiger partial charge in [-0.15, -0.1) is 6.58 Å². The van der Waals surface area contributed by atoms with Gasteiger partial charge in [0.1, 0.15) is 25.2 Å². The molecule has 1 fully saturated rings. The Bertz CT molecular complexity index is 1620. The molecule has 0 saturated heterocycles. The molecule has 3 aliphatic rings. The monoisotopic (exact) mass is 847 g/mol. The summed E-state index contributed by atoms with van der Waals surface area (Å²) in [7, 11) is 1.65. The Balaban J connectivity index is 1.38. The molecule has 2 N–H and O–H groups in total. The smallest absolute Gasteiger partial charge is 0.230 e. The molecule has 2 aromatic rings. The minimum Gasteiger partial charge on any atom is -0.487 e. The number of allylic oxidation sites excluding steroid dienone is 1. The Morgan fingerprint density at radius 3 is 2.22 bits per heavy atom. The van der Waals surface area contributed by atoms with Gasteiger partial charge < -0.3 is 29.3 Å². The van der Waals surface area contributed by atoms with Crippen molar-refractivity contribution in [2.24, 2.45) is 22.9 Å². The number of aliphatic hydroxyl groups excluding tert-OH is 2. The van der Waals surface area contributed by atoms with E-state index in [0.717, 1.165) is 90.4 Å². The minimum atomic E-state index is -0.940. The van der Waals surface area contributed by atoms with Crippen LogP contribution in [0.5, 0.6) is 11.5 Å². The highest BCUT2D eigenvalue weighted by Gasteiger charge is 2.63. The van der Waals surface area contributed by atoms with Crippen LogP contribution in [-0.2, 0) is 16.2 Å². The lowest BCUT2D eigenvalue weighted by Gasteiger charge is -2.58. The lowest BCUT2D eigenvalue weighted by atomic mass is 9.56. The third-order valence-electron chi connectivity index (χ3n) is 13.0. The van der Waals surface area contributed by atoms with E-state index in [4.69, 9.17) is 24.2 Å². The highest BCUT2D eigenvalue weighted by Crippen LogP contribution is 2.62. The van der Waals surface area contributed by atoms with E-state index in [2.05, 4.69) is 36.7 Å². The highest BCUT2D eigenvalue weighted by atomic mass is 32.2. The van der Waals surface area contributed by atoms with E-state index in [0.29, 0.717) is 19.6 Å². The lowest BCUT2D eigenvalue weighted by Crippen LogP contribution is -2.64. The first-order valence-electron chi connectivity index (χ1n) is 23.8. The maximum atomic E-state index is 9.92. The topological polar surface area (TPSA) is 103 Å². The Hall–Kier alpha value is -2.85. The number of thioether (sulfide) groups is 1. The number of aryl methyl sites for hydroxylation is 1. The predicted molar refractivity (Wildman–Crippen MR) is 248 cm³/mol. The number of unbranched alkanes of at least 4 members (excludes halogenated alkanes) is 15. The van der Waals surface area contributed by atoms with E-state index in [1.165, 1.54) is 83.5 Å². The van der Waals surface area contributed by atoms with Gasteiger partial charge in [0, 0.05) is 36.8 Å². The highest BCUT2D eigenvalue weighted by molar-refractivity contribution is 8.00. The number of oxime groups is 1. The van der Waals surface area contributed by atoms with Gasteiger partial charge in [-0.05, 0) is 92.5 Å². The molecule has 8 nitrogen and oxygen atoms in total. The van der Waals surface area contributed by atoms with Crippen molar-refractivity contribution in [1.82, 2.24) is 4.98 Å². The molecule has 1 aromatic heterocycles. The summed E-state index contributed by atoms with van der Waals surface area (Å²) >= 11 is 1.97. The maximum absolute atomic E-state index is 9.92. The van der Waals surface area contributed by atoms with Crippen molar-refractivity contribution in [2.75, 3.05) is 32.7 Å². The molecule has 5 rings (SSSR count). The molecule has 2 heterocycles. The number of ether oxygens (including phenoxy) is 3.